The van der Waals surface area contributed by atoms with E-state index >= 15 is 0 Å². The summed E-state index contributed by atoms with van der Waals surface area (Å²) in [5.41, 5.74) is 0.729. The third-order valence-electron chi connectivity index (χ3n) is 2.01. The van der Waals surface area contributed by atoms with Crippen LogP contribution < -0.4 is 0 Å². The zero-order chi connectivity index (χ0) is 10.4. The van der Waals surface area contributed by atoms with Crippen molar-refractivity contribution in [3.63, 3.8) is 0 Å². The summed E-state index contributed by atoms with van der Waals surface area (Å²) in [7, 11) is 2.00. The predicted octanol–water partition coefficient (Wildman–Crippen LogP) is 2.42. The molecule has 0 unspecified atom stereocenters. The van der Waals surface area contributed by atoms with E-state index < -0.39 is 0 Å². The van der Waals surface area contributed by atoms with Crippen molar-refractivity contribution in [1.29, 1.82) is 0 Å². The second-order valence-corrected chi connectivity index (χ2v) is 3.96. The van der Waals surface area contributed by atoms with Gasteiger partial charge in [0.05, 0.1) is 0 Å². The van der Waals surface area contributed by atoms with Gasteiger partial charge in [-0.2, -0.15) is 0 Å². The van der Waals surface area contributed by atoms with Crippen molar-refractivity contribution in [1.82, 2.24) is 4.31 Å². The average Bonchev–Trinajstić information content (AvgIpc) is 3.03. The lowest BCUT2D eigenvalue weighted by molar-refractivity contribution is 0.112. The monoisotopic (exact) mass is 209 g/mol. The lowest BCUT2D eigenvalue weighted by Gasteiger charge is -2.01. The first-order valence-electron chi connectivity index (χ1n) is 4.66. The fourth-order valence-corrected chi connectivity index (χ4v) is 1.21. The van der Waals surface area contributed by atoms with Gasteiger partial charge in [0, 0.05) is 11.6 Å². The molecule has 0 aliphatic heterocycles. The van der Waals surface area contributed by atoms with Crippen LogP contribution in [0.5, 0.6) is 0 Å². The first-order valence-corrected chi connectivity index (χ1v) is 5.06. The Hall–Kier alpha value is -0.800. The molecule has 0 spiro atoms. The minimum Gasteiger partial charge on any atom is -0.298 e. The maximum Gasteiger partial charge on any atom is 0.150 e. The molecule has 0 amide bonds. The fraction of sp³-hybridized carbons (Fsp3) is 0.364. The normalized spacial score (nSPS) is 14.5. The molecule has 0 radical (unpaired) electrons. The van der Waals surface area contributed by atoms with Gasteiger partial charge >= 0.3 is 0 Å². The van der Waals surface area contributed by atoms with Gasteiger partial charge in [0.2, 0.25) is 0 Å². The van der Waals surface area contributed by atoms with Crippen LogP contribution in [0.4, 0.5) is 0 Å². The number of hydrogen-bond acceptors (Lipinski definition) is 3. The lowest BCUT2D eigenvalue weighted by atomic mass is 10.2. The minimum absolute atomic E-state index is 0.729. The summed E-state index contributed by atoms with van der Waals surface area (Å²) in [6.07, 6.45) is 3.53. The molecule has 0 aromatic heterocycles. The van der Waals surface area contributed by atoms with Crippen LogP contribution in [0.3, 0.4) is 0 Å². The van der Waals surface area contributed by atoms with Crippen LogP contribution in [0.1, 0.15) is 23.2 Å². The number of hydrogen-bond donors (Lipinski definition) is 1. The number of carbonyl (C=O) groups is 1. The van der Waals surface area contributed by atoms with Crippen molar-refractivity contribution >= 4 is 19.1 Å². The summed E-state index contributed by atoms with van der Waals surface area (Å²) in [6.45, 7) is 0. The summed E-state index contributed by atoms with van der Waals surface area (Å²) in [5, 5.41) is 0. The van der Waals surface area contributed by atoms with Crippen molar-refractivity contribution in [2.75, 3.05) is 7.05 Å². The molecule has 2 rings (SSSR count). The Morgan fingerprint density at radius 2 is 1.93 bits per heavy atom. The number of aldehydes is 1. The van der Waals surface area contributed by atoms with Crippen LogP contribution in [-0.4, -0.2) is 23.7 Å². The number of thiol groups is 1. The van der Waals surface area contributed by atoms with Gasteiger partial charge in [-0.15, -0.1) is 0 Å². The average molecular weight is 209 g/mol. The van der Waals surface area contributed by atoms with E-state index in [9.17, 15) is 4.79 Å². The quantitative estimate of drug-likeness (QED) is 0.596. The molecule has 2 nitrogen and oxygen atoms in total. The Balaban J connectivity index is 0.000000146. The molecule has 14 heavy (non-hydrogen) atoms. The Morgan fingerprint density at radius 1 is 1.36 bits per heavy atom. The number of rotatable bonds is 2. The zero-order valence-electron chi connectivity index (χ0n) is 8.26. The van der Waals surface area contributed by atoms with Gasteiger partial charge in [-0.3, -0.25) is 9.10 Å². The second-order valence-electron chi connectivity index (χ2n) is 3.33. The summed E-state index contributed by atoms with van der Waals surface area (Å²) in [5.74, 6) is 0. The van der Waals surface area contributed by atoms with Gasteiger partial charge in [-0.25, -0.2) is 0 Å². The molecule has 1 saturated carbocycles. The van der Waals surface area contributed by atoms with Crippen molar-refractivity contribution in [2.24, 2.45) is 0 Å². The largest absolute Gasteiger partial charge is 0.298 e. The number of carbonyl (C=O) groups excluding carboxylic acids is 1. The summed E-state index contributed by atoms with van der Waals surface area (Å²) >= 11 is 4.09. The fourth-order valence-electron chi connectivity index (χ4n) is 0.980. The Labute approximate surface area is 90.5 Å². The van der Waals surface area contributed by atoms with E-state index in [4.69, 9.17) is 0 Å². The van der Waals surface area contributed by atoms with Gasteiger partial charge in [0.1, 0.15) is 6.29 Å². The van der Waals surface area contributed by atoms with Crippen LogP contribution in [0, 0.1) is 0 Å². The Bertz CT molecular complexity index is 270. The standard InChI is InChI=1S/C7H6O.C4H9NS/c8-6-7-4-2-1-3-5-7;1-5(6)4-2-3-4/h1-6H;4,6H,2-3H2,1H3. The minimum atomic E-state index is 0.729. The van der Waals surface area contributed by atoms with Gasteiger partial charge in [0.15, 0.2) is 0 Å². The third-order valence-corrected chi connectivity index (χ3v) is 2.34. The van der Waals surface area contributed by atoms with Crippen molar-refractivity contribution < 1.29 is 4.79 Å². The van der Waals surface area contributed by atoms with Crippen LogP contribution in [0.2, 0.25) is 0 Å². The van der Waals surface area contributed by atoms with E-state index in [1.807, 2.05) is 29.6 Å². The molecule has 3 heteroatoms. The lowest BCUT2D eigenvalue weighted by Crippen LogP contribution is -2.05. The Morgan fingerprint density at radius 3 is 2.14 bits per heavy atom. The highest BCUT2D eigenvalue weighted by molar-refractivity contribution is 7.77. The van der Waals surface area contributed by atoms with Gasteiger partial charge in [0.25, 0.3) is 0 Å². The molecule has 0 N–H and O–H groups in total. The van der Waals surface area contributed by atoms with Crippen LogP contribution >= 0.6 is 12.8 Å². The van der Waals surface area contributed by atoms with Gasteiger partial charge in [-0.05, 0) is 19.9 Å². The smallest absolute Gasteiger partial charge is 0.150 e. The third kappa shape index (κ3) is 4.44. The molecule has 1 aliphatic carbocycles. The molecule has 0 heterocycles. The first kappa shape index (κ1) is 11.3. The highest BCUT2D eigenvalue weighted by atomic mass is 32.1. The molecule has 1 fully saturated rings. The maximum absolute atomic E-state index is 10.0. The van der Waals surface area contributed by atoms with Gasteiger partial charge < -0.3 is 0 Å². The zero-order valence-corrected chi connectivity index (χ0v) is 9.15. The topological polar surface area (TPSA) is 20.3 Å². The van der Waals surface area contributed by atoms with Crippen molar-refractivity contribution in [3.05, 3.63) is 35.9 Å². The van der Waals surface area contributed by atoms with E-state index in [0.717, 1.165) is 17.9 Å². The van der Waals surface area contributed by atoms with E-state index in [1.54, 1.807) is 12.1 Å². The predicted molar refractivity (Wildman–Crippen MR) is 61.6 cm³/mol. The second kappa shape index (κ2) is 5.83. The van der Waals surface area contributed by atoms with E-state index in [0.29, 0.717) is 0 Å². The van der Waals surface area contributed by atoms with E-state index in [-0.39, 0.29) is 0 Å². The summed E-state index contributed by atoms with van der Waals surface area (Å²) < 4.78 is 1.97. The Kier molecular flexibility index (Phi) is 4.70. The van der Waals surface area contributed by atoms with Crippen molar-refractivity contribution in [3.8, 4) is 0 Å². The van der Waals surface area contributed by atoms with Crippen molar-refractivity contribution in [2.45, 2.75) is 18.9 Å². The van der Waals surface area contributed by atoms with E-state index in [1.165, 1.54) is 12.8 Å². The number of benzene rings is 1. The molecule has 1 aliphatic rings. The highest BCUT2D eigenvalue weighted by Crippen LogP contribution is 2.25. The molecule has 0 bridgehead atoms. The maximum atomic E-state index is 10.0. The SMILES string of the molecule is CN(S)C1CC1.O=Cc1ccccc1. The molecule has 0 atom stereocenters. The summed E-state index contributed by atoms with van der Waals surface area (Å²) in [4.78, 5) is 10.0. The molecule has 0 saturated heterocycles. The number of nitrogens with zero attached hydrogens (tertiary/aromatic N) is 1. The van der Waals surface area contributed by atoms with E-state index in [2.05, 4.69) is 12.8 Å². The summed E-state index contributed by atoms with van der Waals surface area (Å²) in [6, 6.07) is 9.90. The molecule has 76 valence electrons. The molecule has 1 aromatic rings. The first-order chi connectivity index (χ1) is 6.74. The molecular weight excluding hydrogens is 194 g/mol. The molecule has 1 aromatic carbocycles. The van der Waals surface area contributed by atoms with Crippen LogP contribution in [-0.2, 0) is 0 Å². The highest BCUT2D eigenvalue weighted by Gasteiger charge is 2.23. The van der Waals surface area contributed by atoms with Gasteiger partial charge in [-0.1, -0.05) is 43.1 Å². The molecular formula is C11H15NOS. The van der Waals surface area contributed by atoms with Crippen LogP contribution in [0.25, 0.3) is 0 Å². The van der Waals surface area contributed by atoms with Crippen LogP contribution in [0.15, 0.2) is 30.3 Å².